The first-order valence-electron chi connectivity index (χ1n) is 4.48. The summed E-state index contributed by atoms with van der Waals surface area (Å²) in [4.78, 5) is 21.9. The Balaban J connectivity index is 2.31. The summed E-state index contributed by atoms with van der Waals surface area (Å²) in [5, 5.41) is 12.4. The summed E-state index contributed by atoms with van der Waals surface area (Å²) in [5.74, 6) is -0.598. The molecule has 1 saturated carbocycles. The molecule has 0 aromatic carbocycles. The number of aromatic carboxylic acids is 1. The molecule has 0 aliphatic heterocycles. The van der Waals surface area contributed by atoms with Crippen molar-refractivity contribution in [3.05, 3.63) is 28.2 Å². The predicted molar refractivity (Wildman–Crippen MR) is 48.2 cm³/mol. The van der Waals surface area contributed by atoms with Gasteiger partial charge < -0.3 is 5.11 Å². The van der Waals surface area contributed by atoms with Gasteiger partial charge in [0.1, 0.15) is 0 Å². The topological polar surface area (TPSA) is 72.2 Å². The van der Waals surface area contributed by atoms with Crippen LogP contribution in [0.2, 0.25) is 0 Å². The maximum Gasteiger partial charge on any atom is 0.356 e. The Morgan fingerprint density at radius 3 is 2.86 bits per heavy atom. The third kappa shape index (κ3) is 1.81. The Bertz CT molecular complexity index is 420. The van der Waals surface area contributed by atoms with E-state index in [1.807, 2.05) is 0 Å². The molecule has 1 aromatic rings. The smallest absolute Gasteiger partial charge is 0.356 e. The average Bonchev–Trinajstić information content (AvgIpc) is 2.92. The number of hydrogen-bond donors (Lipinski definition) is 1. The molecule has 0 radical (unpaired) electrons. The van der Waals surface area contributed by atoms with Crippen molar-refractivity contribution < 1.29 is 9.90 Å². The summed E-state index contributed by atoms with van der Waals surface area (Å²) in [7, 11) is 0. The van der Waals surface area contributed by atoms with Crippen molar-refractivity contribution in [3.8, 4) is 0 Å². The zero-order valence-electron chi connectivity index (χ0n) is 7.51. The van der Waals surface area contributed by atoms with Crippen LogP contribution in [0.15, 0.2) is 16.9 Å². The van der Waals surface area contributed by atoms with Crippen molar-refractivity contribution in [2.24, 2.45) is 5.92 Å². The summed E-state index contributed by atoms with van der Waals surface area (Å²) in [5.41, 5.74) is -0.313. The zero-order valence-corrected chi connectivity index (χ0v) is 7.51. The first-order chi connectivity index (χ1) is 6.66. The van der Waals surface area contributed by atoms with Crippen LogP contribution in [-0.4, -0.2) is 20.9 Å². The van der Waals surface area contributed by atoms with Gasteiger partial charge in [-0.25, -0.2) is 9.48 Å². The molecule has 1 aromatic heterocycles. The van der Waals surface area contributed by atoms with Gasteiger partial charge >= 0.3 is 5.97 Å². The van der Waals surface area contributed by atoms with Crippen LogP contribution in [0.3, 0.4) is 0 Å². The first-order valence-corrected chi connectivity index (χ1v) is 4.48. The van der Waals surface area contributed by atoms with Crippen molar-refractivity contribution in [1.82, 2.24) is 9.78 Å². The van der Waals surface area contributed by atoms with Crippen molar-refractivity contribution in [1.29, 1.82) is 0 Å². The zero-order chi connectivity index (χ0) is 10.1. The molecule has 0 spiro atoms. The molecule has 0 amide bonds. The number of carboxylic acids is 1. The number of hydrogen-bond acceptors (Lipinski definition) is 3. The van der Waals surface area contributed by atoms with Crippen LogP contribution in [0.25, 0.3) is 0 Å². The van der Waals surface area contributed by atoms with Gasteiger partial charge in [0, 0.05) is 12.6 Å². The van der Waals surface area contributed by atoms with Crippen LogP contribution in [0, 0.1) is 5.92 Å². The number of carboxylic acid groups (broad SMARTS) is 1. The van der Waals surface area contributed by atoms with E-state index in [1.165, 1.54) is 16.8 Å². The molecule has 5 nitrogen and oxygen atoms in total. The average molecular weight is 194 g/mol. The number of rotatable bonds is 3. The quantitative estimate of drug-likeness (QED) is 0.753. The Morgan fingerprint density at radius 1 is 1.57 bits per heavy atom. The van der Waals surface area contributed by atoms with E-state index in [0.29, 0.717) is 12.5 Å². The summed E-state index contributed by atoms with van der Waals surface area (Å²) in [6.07, 6.45) is 2.21. The molecule has 1 heterocycles. The van der Waals surface area contributed by atoms with Crippen molar-refractivity contribution in [2.75, 3.05) is 0 Å². The van der Waals surface area contributed by atoms with Gasteiger partial charge in [0.2, 0.25) is 0 Å². The Labute approximate surface area is 80.0 Å². The monoisotopic (exact) mass is 194 g/mol. The first kappa shape index (κ1) is 8.93. The van der Waals surface area contributed by atoms with Gasteiger partial charge in [-0.2, -0.15) is 5.10 Å². The molecule has 0 bridgehead atoms. The highest BCUT2D eigenvalue weighted by Crippen LogP contribution is 2.29. The number of carbonyl (C=O) groups is 1. The van der Waals surface area contributed by atoms with Crippen LogP contribution in [0.1, 0.15) is 23.3 Å². The van der Waals surface area contributed by atoms with E-state index < -0.39 is 5.97 Å². The normalized spacial score (nSPS) is 15.4. The lowest BCUT2D eigenvalue weighted by molar-refractivity contribution is 0.0687. The van der Waals surface area contributed by atoms with Gasteiger partial charge in [-0.3, -0.25) is 4.79 Å². The van der Waals surface area contributed by atoms with E-state index in [1.54, 1.807) is 0 Å². The minimum atomic E-state index is -1.10. The van der Waals surface area contributed by atoms with Crippen molar-refractivity contribution >= 4 is 5.97 Å². The van der Waals surface area contributed by atoms with E-state index >= 15 is 0 Å². The second-order valence-electron chi connectivity index (χ2n) is 3.49. The molecule has 0 unspecified atom stereocenters. The van der Waals surface area contributed by atoms with E-state index in [9.17, 15) is 9.59 Å². The molecule has 74 valence electrons. The summed E-state index contributed by atoms with van der Waals surface area (Å²) >= 11 is 0. The highest BCUT2D eigenvalue weighted by molar-refractivity contribution is 5.84. The second-order valence-corrected chi connectivity index (χ2v) is 3.49. The number of aromatic nitrogens is 2. The molecular weight excluding hydrogens is 184 g/mol. The summed E-state index contributed by atoms with van der Waals surface area (Å²) in [6, 6.07) is 2.48. The third-order valence-electron chi connectivity index (χ3n) is 2.21. The van der Waals surface area contributed by atoms with Gasteiger partial charge in [-0.05, 0) is 24.8 Å². The molecule has 1 aliphatic carbocycles. The molecule has 5 heteroatoms. The lowest BCUT2D eigenvalue weighted by atomic mass is 10.4. The van der Waals surface area contributed by atoms with E-state index in [-0.39, 0.29) is 11.3 Å². The number of nitrogens with zero attached hydrogens (tertiary/aromatic N) is 2. The van der Waals surface area contributed by atoms with Crippen molar-refractivity contribution in [3.63, 3.8) is 0 Å². The fraction of sp³-hybridized carbons (Fsp3) is 0.444. The Kier molecular flexibility index (Phi) is 2.07. The highest BCUT2D eigenvalue weighted by atomic mass is 16.4. The van der Waals surface area contributed by atoms with Crippen molar-refractivity contribution in [2.45, 2.75) is 19.4 Å². The lowest BCUT2D eigenvalue weighted by Crippen LogP contribution is -2.25. The third-order valence-corrected chi connectivity index (χ3v) is 2.21. The minimum Gasteiger partial charge on any atom is -0.476 e. The fourth-order valence-electron chi connectivity index (χ4n) is 1.24. The van der Waals surface area contributed by atoms with Crippen LogP contribution in [0.4, 0.5) is 0 Å². The molecule has 0 saturated heterocycles. The summed E-state index contributed by atoms with van der Waals surface area (Å²) < 4.78 is 1.24. The van der Waals surface area contributed by atoms with Gasteiger partial charge in [0.25, 0.3) is 5.56 Å². The van der Waals surface area contributed by atoms with Gasteiger partial charge in [0.05, 0.1) is 0 Å². The maximum absolute atomic E-state index is 11.3. The summed E-state index contributed by atoms with van der Waals surface area (Å²) in [6.45, 7) is 0.542. The fourth-order valence-corrected chi connectivity index (χ4v) is 1.24. The molecule has 1 fully saturated rings. The molecule has 14 heavy (non-hydrogen) atoms. The molecule has 1 N–H and O–H groups in total. The van der Waals surface area contributed by atoms with Crippen LogP contribution < -0.4 is 5.56 Å². The van der Waals surface area contributed by atoms with Crippen LogP contribution in [-0.2, 0) is 6.54 Å². The van der Waals surface area contributed by atoms with Gasteiger partial charge in [-0.1, -0.05) is 0 Å². The predicted octanol–water partition coefficient (Wildman–Crippen LogP) is 0.351. The van der Waals surface area contributed by atoms with Gasteiger partial charge in [-0.15, -0.1) is 0 Å². The maximum atomic E-state index is 11.3. The van der Waals surface area contributed by atoms with E-state index in [4.69, 9.17) is 5.11 Å². The largest absolute Gasteiger partial charge is 0.476 e. The minimum absolute atomic E-state index is 0.0785. The van der Waals surface area contributed by atoms with E-state index in [2.05, 4.69) is 5.10 Å². The molecule has 2 rings (SSSR count). The molecular formula is C9H10N2O3. The molecule has 1 aliphatic rings. The van der Waals surface area contributed by atoms with Crippen LogP contribution in [0.5, 0.6) is 0 Å². The SMILES string of the molecule is O=C(O)c1ccc(=O)n(CC2CC2)n1. The second kappa shape index (κ2) is 3.25. The van der Waals surface area contributed by atoms with Gasteiger partial charge in [0.15, 0.2) is 5.69 Å². The van der Waals surface area contributed by atoms with Crippen LogP contribution >= 0.6 is 0 Å². The standard InChI is InChI=1S/C9H10N2O3/c12-8-4-3-7(9(13)14)10-11(8)5-6-1-2-6/h3-4,6H,1-2,5H2,(H,13,14). The Hall–Kier alpha value is -1.65. The Morgan fingerprint density at radius 2 is 2.29 bits per heavy atom. The molecule has 0 atom stereocenters. The lowest BCUT2D eigenvalue weighted by Gasteiger charge is -2.02. The van der Waals surface area contributed by atoms with E-state index in [0.717, 1.165) is 12.8 Å². The highest BCUT2D eigenvalue weighted by Gasteiger charge is 2.23.